The van der Waals surface area contributed by atoms with Gasteiger partial charge in [0.1, 0.15) is 5.75 Å². The van der Waals surface area contributed by atoms with Gasteiger partial charge in [0.2, 0.25) is 5.91 Å². The molecule has 1 aromatic carbocycles. The van der Waals surface area contributed by atoms with Crippen LogP contribution in [0.2, 0.25) is 0 Å². The average Bonchev–Trinajstić information content (AvgIpc) is 3.29. The van der Waals surface area contributed by atoms with Gasteiger partial charge in [-0.1, -0.05) is 18.2 Å². The van der Waals surface area contributed by atoms with Crippen LogP contribution in [0.5, 0.6) is 5.75 Å². The number of nitrogens with one attached hydrogen (secondary N) is 1. The van der Waals surface area contributed by atoms with Crippen LogP contribution < -0.4 is 10.1 Å². The summed E-state index contributed by atoms with van der Waals surface area (Å²) in [6.07, 6.45) is -3.24. The molecule has 1 amide bonds. The highest BCUT2D eigenvalue weighted by atomic mass is 19.4. The Kier molecular flexibility index (Phi) is 4.48. The van der Waals surface area contributed by atoms with Gasteiger partial charge in [-0.25, -0.2) is 0 Å². The van der Waals surface area contributed by atoms with E-state index in [4.69, 9.17) is 0 Å². The third-order valence-electron chi connectivity index (χ3n) is 4.30. The molecule has 4 nitrogen and oxygen atoms in total. The first-order valence-electron chi connectivity index (χ1n) is 7.80. The van der Waals surface area contributed by atoms with E-state index in [1.165, 1.54) is 12.1 Å². The summed E-state index contributed by atoms with van der Waals surface area (Å²) < 4.78 is 41.6. The van der Waals surface area contributed by atoms with Crippen LogP contribution in [-0.4, -0.2) is 43.3 Å². The highest BCUT2D eigenvalue weighted by molar-refractivity contribution is 5.83. The molecule has 0 unspecified atom stereocenters. The molecule has 0 spiro atoms. The fraction of sp³-hybridized carbons (Fsp3) is 0.562. The molecule has 2 atom stereocenters. The number of nitrogens with zero attached hydrogens (tertiary/aromatic N) is 1. The summed E-state index contributed by atoms with van der Waals surface area (Å²) in [5.41, 5.74) is 0.469. The largest absolute Gasteiger partial charge is 0.573 e. The number of rotatable bonds is 3. The third kappa shape index (κ3) is 3.96. The van der Waals surface area contributed by atoms with Gasteiger partial charge >= 0.3 is 6.36 Å². The zero-order valence-corrected chi connectivity index (χ0v) is 12.6. The maximum Gasteiger partial charge on any atom is 0.573 e. The van der Waals surface area contributed by atoms with Gasteiger partial charge in [0.05, 0.1) is 0 Å². The molecular weight excluding hydrogens is 309 g/mol. The number of halogens is 3. The monoisotopic (exact) mass is 328 g/mol. The topological polar surface area (TPSA) is 41.6 Å². The van der Waals surface area contributed by atoms with Crippen molar-refractivity contribution in [3.8, 4) is 5.75 Å². The lowest BCUT2D eigenvalue weighted by Gasteiger charge is -2.20. The van der Waals surface area contributed by atoms with Crippen LogP contribution in [0.15, 0.2) is 24.3 Å². The number of ether oxygens (including phenoxy) is 1. The van der Waals surface area contributed by atoms with Gasteiger partial charge in [0, 0.05) is 25.6 Å². The fourth-order valence-electron chi connectivity index (χ4n) is 3.12. The lowest BCUT2D eigenvalue weighted by atomic mass is 10.1. The lowest BCUT2D eigenvalue weighted by Crippen LogP contribution is -2.35. The molecule has 1 heterocycles. The van der Waals surface area contributed by atoms with E-state index >= 15 is 0 Å². The van der Waals surface area contributed by atoms with Crippen LogP contribution in [0.1, 0.15) is 24.3 Å². The van der Waals surface area contributed by atoms with E-state index in [1.807, 2.05) is 4.90 Å². The zero-order chi connectivity index (χ0) is 16.4. The van der Waals surface area contributed by atoms with E-state index in [-0.39, 0.29) is 23.5 Å². The second-order valence-electron chi connectivity index (χ2n) is 5.96. The zero-order valence-electron chi connectivity index (χ0n) is 12.6. The maximum atomic E-state index is 12.5. The van der Waals surface area contributed by atoms with E-state index in [9.17, 15) is 18.0 Å². The minimum absolute atomic E-state index is 0.0421. The molecule has 0 radical (unpaired) electrons. The minimum atomic E-state index is -4.72. The predicted molar refractivity (Wildman–Crippen MR) is 78.0 cm³/mol. The van der Waals surface area contributed by atoms with Crippen molar-refractivity contribution in [1.82, 2.24) is 10.2 Å². The molecule has 23 heavy (non-hydrogen) atoms. The molecule has 1 saturated heterocycles. The van der Waals surface area contributed by atoms with Crippen molar-refractivity contribution in [3.05, 3.63) is 29.8 Å². The first-order valence-corrected chi connectivity index (χ1v) is 7.80. The number of amides is 1. The molecule has 1 aliphatic carbocycles. The van der Waals surface area contributed by atoms with Crippen LogP contribution in [0.3, 0.4) is 0 Å². The Hall–Kier alpha value is -1.76. The molecular formula is C16H19F3N2O2. The van der Waals surface area contributed by atoms with Crippen molar-refractivity contribution in [2.24, 2.45) is 5.92 Å². The summed E-state index contributed by atoms with van der Waals surface area (Å²) in [4.78, 5) is 14.3. The van der Waals surface area contributed by atoms with Gasteiger partial charge < -0.3 is 15.0 Å². The van der Waals surface area contributed by atoms with Gasteiger partial charge in [-0.05, 0) is 36.9 Å². The Labute approximate surface area is 132 Å². The molecule has 0 aromatic heterocycles. The van der Waals surface area contributed by atoms with Crippen molar-refractivity contribution in [3.63, 3.8) is 0 Å². The highest BCUT2D eigenvalue weighted by Crippen LogP contribution is 2.51. The van der Waals surface area contributed by atoms with Gasteiger partial charge in [-0.15, -0.1) is 13.2 Å². The maximum absolute atomic E-state index is 12.5. The van der Waals surface area contributed by atoms with E-state index in [0.717, 1.165) is 19.5 Å². The van der Waals surface area contributed by atoms with E-state index in [0.29, 0.717) is 25.1 Å². The van der Waals surface area contributed by atoms with Crippen molar-refractivity contribution < 1.29 is 22.7 Å². The quantitative estimate of drug-likeness (QED) is 0.927. The Morgan fingerprint density at radius 3 is 2.78 bits per heavy atom. The van der Waals surface area contributed by atoms with Crippen LogP contribution in [-0.2, 0) is 4.79 Å². The Balaban J connectivity index is 1.69. The van der Waals surface area contributed by atoms with E-state index in [2.05, 4.69) is 10.1 Å². The molecule has 0 bridgehead atoms. The van der Waals surface area contributed by atoms with Gasteiger partial charge in [-0.2, -0.15) is 0 Å². The van der Waals surface area contributed by atoms with Crippen molar-refractivity contribution in [2.45, 2.75) is 25.1 Å². The average molecular weight is 328 g/mol. The van der Waals surface area contributed by atoms with Crippen LogP contribution in [0.25, 0.3) is 0 Å². The first-order chi connectivity index (χ1) is 11.0. The number of benzene rings is 1. The number of hydrogen-bond donors (Lipinski definition) is 1. The summed E-state index contributed by atoms with van der Waals surface area (Å²) >= 11 is 0. The minimum Gasteiger partial charge on any atom is -0.405 e. The van der Waals surface area contributed by atoms with Crippen LogP contribution >= 0.6 is 0 Å². The first kappa shape index (κ1) is 16.1. The third-order valence-corrected chi connectivity index (χ3v) is 4.30. The number of para-hydroxylation sites is 1. The molecule has 1 saturated carbocycles. The normalized spacial score (nSPS) is 24.9. The summed E-state index contributed by atoms with van der Waals surface area (Å²) in [6.45, 7) is 3.01. The molecule has 1 aliphatic heterocycles. The fourth-order valence-corrected chi connectivity index (χ4v) is 3.12. The second-order valence-corrected chi connectivity index (χ2v) is 5.96. The van der Waals surface area contributed by atoms with Crippen LogP contribution in [0, 0.1) is 5.92 Å². The number of alkyl halides is 3. The summed E-state index contributed by atoms with van der Waals surface area (Å²) in [7, 11) is 0. The Bertz CT molecular complexity index is 569. The Morgan fingerprint density at radius 2 is 2.00 bits per heavy atom. The van der Waals surface area contributed by atoms with Crippen molar-refractivity contribution in [1.29, 1.82) is 0 Å². The van der Waals surface area contributed by atoms with Gasteiger partial charge in [0.25, 0.3) is 0 Å². The number of hydrogen-bond acceptors (Lipinski definition) is 3. The molecule has 3 rings (SSSR count). The molecule has 2 fully saturated rings. The summed E-state index contributed by atoms with van der Waals surface area (Å²) in [5.74, 6) is -0.568. The molecule has 1 N–H and O–H groups in total. The second kappa shape index (κ2) is 6.39. The van der Waals surface area contributed by atoms with Gasteiger partial charge in [-0.3, -0.25) is 4.79 Å². The van der Waals surface area contributed by atoms with E-state index < -0.39 is 6.36 Å². The van der Waals surface area contributed by atoms with E-state index in [1.54, 1.807) is 12.1 Å². The summed E-state index contributed by atoms with van der Waals surface area (Å²) in [5, 5.41) is 3.23. The lowest BCUT2D eigenvalue weighted by molar-refractivity contribution is -0.274. The smallest absolute Gasteiger partial charge is 0.405 e. The number of carbonyl (C=O) groups excluding carboxylic acids is 1. The molecule has 2 aliphatic rings. The Morgan fingerprint density at radius 1 is 1.22 bits per heavy atom. The SMILES string of the molecule is O=C([C@@H]1C[C@H]1c1ccccc1OC(F)(F)F)N1CCCNCC1. The standard InChI is InChI=1S/C16H19F3N2O2/c17-16(18,19)23-14-5-2-1-4-11(14)12-10-13(12)15(22)21-8-3-6-20-7-9-21/h1-2,4-5,12-13,20H,3,6-10H2/t12-,13+/m0/s1. The number of carbonyl (C=O) groups is 1. The highest BCUT2D eigenvalue weighted by Gasteiger charge is 2.47. The summed E-state index contributed by atoms with van der Waals surface area (Å²) in [6, 6.07) is 6.10. The molecule has 1 aromatic rings. The van der Waals surface area contributed by atoms with Crippen molar-refractivity contribution in [2.75, 3.05) is 26.2 Å². The van der Waals surface area contributed by atoms with Crippen LogP contribution in [0.4, 0.5) is 13.2 Å². The van der Waals surface area contributed by atoms with Gasteiger partial charge in [0.15, 0.2) is 0 Å². The van der Waals surface area contributed by atoms with Crippen molar-refractivity contribution >= 4 is 5.91 Å². The molecule has 7 heteroatoms. The predicted octanol–water partition coefficient (Wildman–Crippen LogP) is 2.51. The molecule has 126 valence electrons.